The molecule has 5 nitrogen and oxygen atoms in total. The van der Waals surface area contributed by atoms with Crippen molar-refractivity contribution < 1.29 is 4.79 Å². The van der Waals surface area contributed by atoms with Gasteiger partial charge in [0.1, 0.15) is 0 Å². The third-order valence-electron chi connectivity index (χ3n) is 1.22. The Balaban J connectivity index is 2.63. The second kappa shape index (κ2) is 4.20. The van der Waals surface area contributed by atoms with Gasteiger partial charge in [0.15, 0.2) is 0 Å². The maximum absolute atomic E-state index is 10.4. The largest absolute Gasteiger partial charge is 0.399 e. The van der Waals surface area contributed by atoms with Gasteiger partial charge in [-0.3, -0.25) is 9.78 Å². The van der Waals surface area contributed by atoms with E-state index in [-0.39, 0.29) is 5.91 Å². The molecule has 0 unspecified atom stereocenters. The van der Waals surface area contributed by atoms with E-state index in [0.29, 0.717) is 11.4 Å². The first-order valence-electron chi connectivity index (χ1n) is 3.69. The smallest absolute Gasteiger partial charge is 0.236 e. The predicted octanol–water partition coefficient (Wildman–Crippen LogP) is 0.134. The number of nitrogens with zero attached hydrogens (tertiary/aromatic N) is 2. The van der Waals surface area contributed by atoms with Crippen molar-refractivity contribution in [2.24, 2.45) is 5.10 Å². The third kappa shape index (κ3) is 3.33. The van der Waals surface area contributed by atoms with Crippen molar-refractivity contribution in [3.63, 3.8) is 0 Å². The fourth-order valence-corrected chi connectivity index (χ4v) is 0.725. The van der Waals surface area contributed by atoms with Crippen LogP contribution in [-0.4, -0.2) is 17.1 Å². The quantitative estimate of drug-likeness (QED) is 0.499. The van der Waals surface area contributed by atoms with Crippen LogP contribution in [0, 0.1) is 0 Å². The van der Waals surface area contributed by atoms with Gasteiger partial charge in [-0.2, -0.15) is 5.10 Å². The highest BCUT2D eigenvalue weighted by atomic mass is 16.2. The molecule has 1 heterocycles. The van der Waals surface area contributed by atoms with E-state index in [0.717, 1.165) is 0 Å². The number of nitrogens with two attached hydrogens (primary N) is 1. The molecule has 3 N–H and O–H groups in total. The first-order valence-corrected chi connectivity index (χ1v) is 3.69. The molecule has 0 aliphatic heterocycles. The topological polar surface area (TPSA) is 80.4 Å². The third-order valence-corrected chi connectivity index (χ3v) is 1.22. The standard InChI is InChI=1S/C8H10N4O/c1-6(13)12-11-5-8-4-7(9)2-3-10-8/h2-5H,1H3,(H2,9,10)(H,12,13)/b11-5+. The normalized spacial score (nSPS) is 10.2. The van der Waals surface area contributed by atoms with E-state index in [1.165, 1.54) is 13.1 Å². The van der Waals surface area contributed by atoms with Gasteiger partial charge >= 0.3 is 0 Å². The summed E-state index contributed by atoms with van der Waals surface area (Å²) in [7, 11) is 0. The number of nitrogens with one attached hydrogen (secondary N) is 1. The number of hydrogen-bond acceptors (Lipinski definition) is 4. The average Bonchev–Trinajstić information content (AvgIpc) is 2.03. The highest BCUT2D eigenvalue weighted by Gasteiger charge is 1.90. The van der Waals surface area contributed by atoms with E-state index >= 15 is 0 Å². The van der Waals surface area contributed by atoms with E-state index in [9.17, 15) is 4.79 Å². The van der Waals surface area contributed by atoms with Gasteiger partial charge in [0.05, 0.1) is 11.9 Å². The van der Waals surface area contributed by atoms with E-state index in [1.807, 2.05) is 0 Å². The molecule has 13 heavy (non-hydrogen) atoms. The molecule has 0 atom stereocenters. The maximum atomic E-state index is 10.4. The summed E-state index contributed by atoms with van der Waals surface area (Å²) in [5.41, 5.74) is 8.98. The SMILES string of the molecule is CC(=O)N/N=C/c1cc(N)ccn1. The summed E-state index contributed by atoms with van der Waals surface area (Å²) < 4.78 is 0. The molecule has 0 radical (unpaired) electrons. The molecular formula is C8H10N4O. The lowest BCUT2D eigenvalue weighted by atomic mass is 10.3. The Morgan fingerprint density at radius 3 is 3.15 bits per heavy atom. The van der Waals surface area contributed by atoms with E-state index < -0.39 is 0 Å². The Morgan fingerprint density at radius 2 is 2.54 bits per heavy atom. The van der Waals surface area contributed by atoms with Crippen molar-refractivity contribution >= 4 is 17.8 Å². The molecule has 68 valence electrons. The van der Waals surface area contributed by atoms with Gasteiger partial charge in [-0.15, -0.1) is 0 Å². The van der Waals surface area contributed by atoms with Crippen LogP contribution in [0.3, 0.4) is 0 Å². The summed E-state index contributed by atoms with van der Waals surface area (Å²) in [5, 5.41) is 3.64. The zero-order chi connectivity index (χ0) is 9.68. The minimum Gasteiger partial charge on any atom is -0.399 e. The van der Waals surface area contributed by atoms with Crippen molar-refractivity contribution in [3.05, 3.63) is 24.0 Å². The van der Waals surface area contributed by atoms with Gasteiger partial charge in [-0.05, 0) is 12.1 Å². The van der Waals surface area contributed by atoms with Crippen molar-refractivity contribution in [1.82, 2.24) is 10.4 Å². The number of carbonyl (C=O) groups excluding carboxylic acids is 1. The molecule has 1 rings (SSSR count). The highest BCUT2D eigenvalue weighted by Crippen LogP contribution is 1.99. The van der Waals surface area contributed by atoms with Gasteiger partial charge in [-0.1, -0.05) is 0 Å². The zero-order valence-corrected chi connectivity index (χ0v) is 7.19. The fourth-order valence-electron chi connectivity index (χ4n) is 0.725. The predicted molar refractivity (Wildman–Crippen MR) is 50.1 cm³/mol. The number of hydrogen-bond donors (Lipinski definition) is 2. The second-order valence-electron chi connectivity index (χ2n) is 2.44. The van der Waals surface area contributed by atoms with Gasteiger partial charge in [-0.25, -0.2) is 5.43 Å². The monoisotopic (exact) mass is 178 g/mol. The molecule has 0 fully saturated rings. The number of nitrogen functional groups attached to an aromatic ring is 1. The van der Waals surface area contributed by atoms with Crippen LogP contribution in [0.1, 0.15) is 12.6 Å². The Labute approximate surface area is 75.7 Å². The maximum Gasteiger partial charge on any atom is 0.236 e. The molecule has 0 saturated heterocycles. The highest BCUT2D eigenvalue weighted by molar-refractivity contribution is 5.80. The van der Waals surface area contributed by atoms with Crippen molar-refractivity contribution in [3.8, 4) is 0 Å². The van der Waals surface area contributed by atoms with Crippen LogP contribution in [0.5, 0.6) is 0 Å². The van der Waals surface area contributed by atoms with Gasteiger partial charge in [0.25, 0.3) is 0 Å². The van der Waals surface area contributed by atoms with Gasteiger partial charge in [0, 0.05) is 18.8 Å². The number of hydrazone groups is 1. The molecule has 0 aliphatic rings. The van der Waals surface area contributed by atoms with E-state index in [4.69, 9.17) is 5.73 Å². The molecule has 0 spiro atoms. The van der Waals surface area contributed by atoms with Crippen LogP contribution in [-0.2, 0) is 4.79 Å². The van der Waals surface area contributed by atoms with Crippen molar-refractivity contribution in [2.75, 3.05) is 5.73 Å². The average molecular weight is 178 g/mol. The lowest BCUT2D eigenvalue weighted by Gasteiger charge is -1.94. The number of rotatable bonds is 2. The number of amides is 1. The number of carbonyl (C=O) groups is 1. The van der Waals surface area contributed by atoms with E-state index in [1.54, 1.807) is 18.3 Å². The number of aromatic nitrogens is 1. The minimum atomic E-state index is -0.222. The molecule has 1 aromatic heterocycles. The lowest BCUT2D eigenvalue weighted by molar-refractivity contribution is -0.118. The van der Waals surface area contributed by atoms with Crippen LogP contribution in [0.25, 0.3) is 0 Å². The first-order chi connectivity index (χ1) is 6.18. The number of pyridine rings is 1. The Hall–Kier alpha value is -1.91. The Kier molecular flexibility index (Phi) is 2.97. The van der Waals surface area contributed by atoms with Crippen LogP contribution in [0.15, 0.2) is 23.4 Å². The molecule has 1 aromatic rings. The van der Waals surface area contributed by atoms with Crippen LogP contribution in [0.2, 0.25) is 0 Å². The van der Waals surface area contributed by atoms with Crippen molar-refractivity contribution in [2.45, 2.75) is 6.92 Å². The molecule has 0 bridgehead atoms. The molecule has 5 heteroatoms. The van der Waals surface area contributed by atoms with Gasteiger partial charge in [0.2, 0.25) is 5.91 Å². The Morgan fingerprint density at radius 1 is 1.77 bits per heavy atom. The number of anilines is 1. The second-order valence-corrected chi connectivity index (χ2v) is 2.44. The zero-order valence-electron chi connectivity index (χ0n) is 7.19. The summed E-state index contributed by atoms with van der Waals surface area (Å²) in [4.78, 5) is 14.4. The van der Waals surface area contributed by atoms with Gasteiger partial charge < -0.3 is 5.73 Å². The molecule has 0 aliphatic carbocycles. The molecule has 0 aromatic carbocycles. The fraction of sp³-hybridized carbons (Fsp3) is 0.125. The molecular weight excluding hydrogens is 168 g/mol. The van der Waals surface area contributed by atoms with Crippen LogP contribution < -0.4 is 11.2 Å². The summed E-state index contributed by atoms with van der Waals surface area (Å²) in [6, 6.07) is 3.33. The lowest BCUT2D eigenvalue weighted by Crippen LogP contribution is -2.12. The molecule has 0 saturated carbocycles. The Bertz CT molecular complexity index is 335. The minimum absolute atomic E-state index is 0.222. The van der Waals surface area contributed by atoms with Crippen LogP contribution in [0.4, 0.5) is 5.69 Å². The van der Waals surface area contributed by atoms with Crippen molar-refractivity contribution in [1.29, 1.82) is 0 Å². The first kappa shape index (κ1) is 9.18. The summed E-state index contributed by atoms with van der Waals surface area (Å²) in [6.07, 6.45) is 3.00. The molecule has 1 amide bonds. The van der Waals surface area contributed by atoms with Crippen LogP contribution >= 0.6 is 0 Å². The summed E-state index contributed by atoms with van der Waals surface area (Å²) in [5.74, 6) is -0.222. The van der Waals surface area contributed by atoms with E-state index in [2.05, 4.69) is 15.5 Å². The summed E-state index contributed by atoms with van der Waals surface area (Å²) >= 11 is 0. The summed E-state index contributed by atoms with van der Waals surface area (Å²) in [6.45, 7) is 1.38.